The fraction of sp³-hybridized carbons (Fsp3) is 0.667. The molecule has 2 rings (SSSR count). The summed E-state index contributed by atoms with van der Waals surface area (Å²) in [4.78, 5) is 0. The lowest BCUT2D eigenvalue weighted by molar-refractivity contribution is 0.172. The van der Waals surface area contributed by atoms with Gasteiger partial charge in [-0.05, 0) is 0 Å². The Morgan fingerprint density at radius 2 is 2.64 bits per heavy atom. The summed E-state index contributed by atoms with van der Waals surface area (Å²) in [5, 5.41) is 20.1. The molecule has 1 aliphatic heterocycles. The highest BCUT2D eigenvalue weighted by atomic mass is 16.3. The third-order valence-corrected chi connectivity index (χ3v) is 1.83. The van der Waals surface area contributed by atoms with Crippen LogP contribution in [0.15, 0.2) is 6.20 Å². The SMILES string of the molecule is OC1CNCCn2nncc21. The molecule has 1 atom stereocenters. The Morgan fingerprint density at radius 1 is 1.73 bits per heavy atom. The van der Waals surface area contributed by atoms with Crippen LogP contribution in [0.25, 0.3) is 0 Å². The summed E-state index contributed by atoms with van der Waals surface area (Å²) in [6.45, 7) is 2.22. The van der Waals surface area contributed by atoms with Crippen LogP contribution in [0.4, 0.5) is 0 Å². The fourth-order valence-electron chi connectivity index (χ4n) is 1.23. The number of aromatic nitrogens is 3. The van der Waals surface area contributed by atoms with Gasteiger partial charge >= 0.3 is 0 Å². The summed E-state index contributed by atoms with van der Waals surface area (Å²) in [6, 6.07) is 0. The first-order chi connectivity index (χ1) is 5.38. The van der Waals surface area contributed by atoms with Gasteiger partial charge in [-0.1, -0.05) is 5.21 Å². The predicted octanol–water partition coefficient (Wildman–Crippen LogP) is -1.09. The minimum atomic E-state index is -0.465. The van der Waals surface area contributed by atoms with Crippen molar-refractivity contribution < 1.29 is 5.11 Å². The lowest BCUT2D eigenvalue weighted by Crippen LogP contribution is -2.20. The second-order valence-corrected chi connectivity index (χ2v) is 2.60. The van der Waals surface area contributed by atoms with Crippen molar-refractivity contribution in [2.45, 2.75) is 12.6 Å². The first-order valence-electron chi connectivity index (χ1n) is 3.65. The Hall–Kier alpha value is -0.940. The Labute approximate surface area is 64.0 Å². The van der Waals surface area contributed by atoms with Gasteiger partial charge in [0.05, 0.1) is 18.4 Å². The average molecular weight is 154 g/mol. The quantitative estimate of drug-likeness (QED) is 0.498. The van der Waals surface area contributed by atoms with E-state index in [1.165, 1.54) is 0 Å². The van der Waals surface area contributed by atoms with Crippen molar-refractivity contribution in [3.8, 4) is 0 Å². The van der Waals surface area contributed by atoms with Gasteiger partial charge in [0.25, 0.3) is 0 Å². The average Bonchev–Trinajstić information content (AvgIpc) is 2.40. The highest BCUT2D eigenvalue weighted by molar-refractivity contribution is 5.00. The van der Waals surface area contributed by atoms with Crippen molar-refractivity contribution in [1.29, 1.82) is 0 Å². The second-order valence-electron chi connectivity index (χ2n) is 2.60. The summed E-state index contributed by atoms with van der Waals surface area (Å²) in [6.07, 6.45) is 1.14. The molecule has 0 saturated heterocycles. The van der Waals surface area contributed by atoms with Gasteiger partial charge in [0.2, 0.25) is 0 Å². The zero-order valence-corrected chi connectivity index (χ0v) is 6.06. The third-order valence-electron chi connectivity index (χ3n) is 1.83. The molecule has 0 radical (unpaired) electrons. The van der Waals surface area contributed by atoms with E-state index in [9.17, 15) is 5.11 Å². The molecule has 0 fully saturated rings. The van der Waals surface area contributed by atoms with Gasteiger partial charge in [0.1, 0.15) is 6.10 Å². The summed E-state index contributed by atoms with van der Waals surface area (Å²) >= 11 is 0. The smallest absolute Gasteiger partial charge is 0.110 e. The maximum absolute atomic E-state index is 9.47. The largest absolute Gasteiger partial charge is 0.385 e. The molecule has 2 heterocycles. The van der Waals surface area contributed by atoms with Crippen LogP contribution in [0.2, 0.25) is 0 Å². The first kappa shape index (κ1) is 6.75. The number of fused-ring (bicyclic) bond motifs is 1. The number of hydrogen-bond donors (Lipinski definition) is 2. The van der Waals surface area contributed by atoms with Gasteiger partial charge in [-0.15, -0.1) is 5.10 Å². The molecule has 5 nitrogen and oxygen atoms in total. The first-order valence-corrected chi connectivity index (χ1v) is 3.65. The minimum absolute atomic E-state index is 0.465. The van der Waals surface area contributed by atoms with E-state index in [1.54, 1.807) is 10.9 Å². The van der Waals surface area contributed by atoms with E-state index in [-0.39, 0.29) is 0 Å². The molecule has 0 amide bonds. The molecule has 2 N–H and O–H groups in total. The number of aliphatic hydroxyl groups excluding tert-OH is 1. The van der Waals surface area contributed by atoms with Crippen molar-refractivity contribution in [3.63, 3.8) is 0 Å². The normalized spacial score (nSPS) is 24.3. The van der Waals surface area contributed by atoms with Crippen LogP contribution in [0.1, 0.15) is 11.8 Å². The van der Waals surface area contributed by atoms with Crippen LogP contribution in [-0.4, -0.2) is 33.2 Å². The Kier molecular flexibility index (Phi) is 1.59. The zero-order chi connectivity index (χ0) is 7.68. The molecule has 0 bridgehead atoms. The van der Waals surface area contributed by atoms with Crippen LogP contribution >= 0.6 is 0 Å². The number of hydrogen-bond acceptors (Lipinski definition) is 4. The van der Waals surface area contributed by atoms with Crippen molar-refractivity contribution >= 4 is 0 Å². The van der Waals surface area contributed by atoms with Crippen LogP contribution in [0.5, 0.6) is 0 Å². The lowest BCUT2D eigenvalue weighted by Gasteiger charge is -2.04. The molecule has 11 heavy (non-hydrogen) atoms. The number of β-amino-alcohol motifs (C(OH)–C–C–N with tert-alkyl or cyclic N) is 1. The summed E-state index contributed by atoms with van der Waals surface area (Å²) in [5.41, 5.74) is 0.801. The van der Waals surface area contributed by atoms with E-state index in [4.69, 9.17) is 0 Å². The fourth-order valence-corrected chi connectivity index (χ4v) is 1.23. The van der Waals surface area contributed by atoms with Crippen LogP contribution in [0.3, 0.4) is 0 Å². The minimum Gasteiger partial charge on any atom is -0.385 e. The second kappa shape index (κ2) is 2.60. The van der Waals surface area contributed by atoms with Crippen molar-refractivity contribution in [2.75, 3.05) is 13.1 Å². The molecule has 5 heteroatoms. The number of nitrogens with zero attached hydrogens (tertiary/aromatic N) is 3. The van der Waals surface area contributed by atoms with E-state index in [0.717, 1.165) is 18.8 Å². The van der Waals surface area contributed by atoms with Crippen LogP contribution < -0.4 is 5.32 Å². The molecule has 0 saturated carbocycles. The van der Waals surface area contributed by atoms with E-state index in [0.29, 0.717) is 6.54 Å². The maximum Gasteiger partial charge on any atom is 0.110 e. The van der Waals surface area contributed by atoms with Gasteiger partial charge in [-0.25, -0.2) is 4.68 Å². The van der Waals surface area contributed by atoms with Crippen molar-refractivity contribution in [3.05, 3.63) is 11.9 Å². The molecule has 1 aromatic heterocycles. The van der Waals surface area contributed by atoms with Crippen LogP contribution in [0, 0.1) is 0 Å². The molecule has 0 aliphatic carbocycles. The number of nitrogens with one attached hydrogen (secondary N) is 1. The summed E-state index contributed by atoms with van der Waals surface area (Å²) in [5.74, 6) is 0. The Bertz CT molecular complexity index is 246. The van der Waals surface area contributed by atoms with Crippen molar-refractivity contribution in [2.24, 2.45) is 0 Å². The van der Waals surface area contributed by atoms with Gasteiger partial charge in [-0.2, -0.15) is 0 Å². The number of rotatable bonds is 0. The molecule has 60 valence electrons. The number of aliphatic hydroxyl groups is 1. The predicted molar refractivity (Wildman–Crippen MR) is 37.9 cm³/mol. The lowest BCUT2D eigenvalue weighted by atomic mass is 10.3. The van der Waals surface area contributed by atoms with Crippen LogP contribution in [-0.2, 0) is 6.54 Å². The van der Waals surface area contributed by atoms with Gasteiger partial charge in [-0.3, -0.25) is 0 Å². The zero-order valence-electron chi connectivity index (χ0n) is 6.06. The highest BCUT2D eigenvalue weighted by Crippen LogP contribution is 2.11. The Balaban J connectivity index is 2.34. The van der Waals surface area contributed by atoms with Crippen molar-refractivity contribution in [1.82, 2.24) is 20.3 Å². The van der Waals surface area contributed by atoms with E-state index in [1.807, 2.05) is 0 Å². The molecular formula is C6H10N4O. The van der Waals surface area contributed by atoms with E-state index >= 15 is 0 Å². The molecule has 0 spiro atoms. The van der Waals surface area contributed by atoms with E-state index in [2.05, 4.69) is 15.6 Å². The van der Waals surface area contributed by atoms with Gasteiger partial charge in [0, 0.05) is 13.1 Å². The molecular weight excluding hydrogens is 144 g/mol. The topological polar surface area (TPSA) is 63.0 Å². The van der Waals surface area contributed by atoms with E-state index < -0.39 is 6.10 Å². The highest BCUT2D eigenvalue weighted by Gasteiger charge is 2.16. The van der Waals surface area contributed by atoms with Gasteiger partial charge < -0.3 is 10.4 Å². The maximum atomic E-state index is 9.47. The van der Waals surface area contributed by atoms with Gasteiger partial charge in [0.15, 0.2) is 0 Å². The summed E-state index contributed by atoms with van der Waals surface area (Å²) < 4.78 is 1.73. The molecule has 1 aliphatic rings. The summed E-state index contributed by atoms with van der Waals surface area (Å²) in [7, 11) is 0. The monoisotopic (exact) mass is 154 g/mol. The molecule has 0 aromatic carbocycles. The molecule has 1 aromatic rings. The Morgan fingerprint density at radius 3 is 3.55 bits per heavy atom. The standard InChI is InChI=1S/C6H10N4O/c11-6-4-7-1-2-10-5(6)3-8-9-10/h3,6-7,11H,1-2,4H2. The third kappa shape index (κ3) is 1.12. The molecule has 1 unspecified atom stereocenters.